The van der Waals surface area contributed by atoms with Crippen LogP contribution in [-0.2, 0) is 0 Å². The first-order valence-corrected chi connectivity index (χ1v) is 11.0. The number of carbonyl (C=O) groups is 1. The van der Waals surface area contributed by atoms with E-state index in [4.69, 9.17) is 0 Å². The molecule has 0 aliphatic carbocycles. The van der Waals surface area contributed by atoms with E-state index < -0.39 is 11.4 Å². The lowest BCUT2D eigenvalue weighted by molar-refractivity contribution is 0.0454. The maximum atomic E-state index is 14.2. The second-order valence-corrected chi connectivity index (χ2v) is 9.23. The van der Waals surface area contributed by atoms with Crippen LogP contribution in [0.25, 0.3) is 0 Å². The summed E-state index contributed by atoms with van der Waals surface area (Å²) in [4.78, 5) is 32.6. The molecule has 0 unspecified atom stereocenters. The summed E-state index contributed by atoms with van der Waals surface area (Å²) in [6, 6.07) is 0.538. The number of rotatable bonds is 2. The number of amides is 2. The van der Waals surface area contributed by atoms with Crippen LogP contribution in [-0.4, -0.2) is 86.9 Å². The third-order valence-electron chi connectivity index (χ3n) is 6.87. The molecule has 9 heteroatoms. The molecule has 1 fully saturated rings. The summed E-state index contributed by atoms with van der Waals surface area (Å²) in [5, 5.41) is 3.04. The molecule has 1 aromatic rings. The van der Waals surface area contributed by atoms with E-state index in [1.165, 1.54) is 0 Å². The summed E-state index contributed by atoms with van der Waals surface area (Å²) < 4.78 is 14.2. The summed E-state index contributed by atoms with van der Waals surface area (Å²) in [7, 11) is 0. The molecule has 4 heterocycles. The van der Waals surface area contributed by atoms with Crippen molar-refractivity contribution in [3.63, 3.8) is 0 Å². The average molecular weight is 430 g/mol. The van der Waals surface area contributed by atoms with Crippen LogP contribution in [0.15, 0.2) is 22.3 Å². The minimum atomic E-state index is -0.524. The van der Waals surface area contributed by atoms with Gasteiger partial charge in [0.25, 0.3) is 0 Å². The number of nitrogens with zero attached hydrogens (tertiary/aromatic N) is 6. The molecule has 0 bridgehead atoms. The van der Waals surface area contributed by atoms with Crippen LogP contribution in [0.1, 0.15) is 40.4 Å². The van der Waals surface area contributed by atoms with Gasteiger partial charge in [-0.2, -0.15) is 0 Å². The van der Waals surface area contributed by atoms with Crippen LogP contribution in [0.5, 0.6) is 0 Å². The monoisotopic (exact) mass is 429 g/mol. The van der Waals surface area contributed by atoms with E-state index in [-0.39, 0.29) is 17.9 Å². The van der Waals surface area contributed by atoms with Crippen molar-refractivity contribution in [3.8, 4) is 0 Å². The lowest BCUT2D eigenvalue weighted by Gasteiger charge is -2.47. The number of hydrogen-bond donors (Lipinski definition) is 1. The van der Waals surface area contributed by atoms with E-state index in [1.807, 2.05) is 9.80 Å². The number of piperazine rings is 1. The van der Waals surface area contributed by atoms with E-state index in [0.717, 1.165) is 37.0 Å². The largest absolute Gasteiger partial charge is 0.322 e. The van der Waals surface area contributed by atoms with Gasteiger partial charge in [-0.1, -0.05) is 6.92 Å². The molecule has 0 spiro atoms. The lowest BCUT2D eigenvalue weighted by atomic mass is 9.94. The van der Waals surface area contributed by atoms with Gasteiger partial charge in [0.05, 0.1) is 24.8 Å². The highest BCUT2D eigenvalue weighted by molar-refractivity contribution is 6.11. The number of nitrogens with one attached hydrogen (secondary N) is 1. The highest BCUT2D eigenvalue weighted by Crippen LogP contribution is 2.39. The van der Waals surface area contributed by atoms with Gasteiger partial charge in [0, 0.05) is 30.7 Å². The van der Waals surface area contributed by atoms with Crippen molar-refractivity contribution >= 4 is 17.7 Å². The molecule has 1 saturated heterocycles. The number of aryl methyl sites for hydroxylation is 1. The van der Waals surface area contributed by atoms with Crippen molar-refractivity contribution in [1.29, 1.82) is 0 Å². The zero-order valence-corrected chi connectivity index (χ0v) is 19.2. The Bertz CT molecular complexity index is 957. The van der Waals surface area contributed by atoms with Gasteiger partial charge in [-0.25, -0.2) is 19.2 Å². The predicted octanol–water partition coefficient (Wildman–Crippen LogP) is 2.67. The number of urea groups is 1. The van der Waals surface area contributed by atoms with Gasteiger partial charge >= 0.3 is 6.03 Å². The van der Waals surface area contributed by atoms with Crippen LogP contribution in [0.4, 0.5) is 15.0 Å². The first-order chi connectivity index (χ1) is 14.6. The highest BCUT2D eigenvalue weighted by atomic mass is 19.1. The van der Waals surface area contributed by atoms with E-state index in [1.54, 1.807) is 6.92 Å². The fraction of sp³-hybridized carbons (Fsp3) is 0.636. The van der Waals surface area contributed by atoms with Crippen LogP contribution in [0.3, 0.4) is 0 Å². The summed E-state index contributed by atoms with van der Waals surface area (Å²) in [5.74, 6) is 0.659. The van der Waals surface area contributed by atoms with Gasteiger partial charge < -0.3 is 15.1 Å². The molecule has 2 amide bonds. The van der Waals surface area contributed by atoms with Crippen molar-refractivity contribution < 1.29 is 9.18 Å². The summed E-state index contributed by atoms with van der Waals surface area (Å²) in [5.41, 5.74) is 1.61. The molecule has 0 aromatic carbocycles. The number of anilines is 1. The number of hydrogen-bond acceptors (Lipinski definition) is 6. The average Bonchev–Trinajstić information content (AvgIpc) is 3.24. The van der Waals surface area contributed by atoms with E-state index >= 15 is 0 Å². The molecule has 2 atom stereocenters. The first-order valence-electron chi connectivity index (χ1n) is 11.0. The predicted molar refractivity (Wildman–Crippen MR) is 119 cm³/mol. The summed E-state index contributed by atoms with van der Waals surface area (Å²) in [6.45, 7) is 15.8. The molecule has 0 saturated carbocycles. The van der Waals surface area contributed by atoms with Crippen molar-refractivity contribution in [1.82, 2.24) is 24.7 Å². The van der Waals surface area contributed by atoms with Crippen molar-refractivity contribution in [2.45, 2.75) is 59.2 Å². The van der Waals surface area contributed by atoms with Crippen molar-refractivity contribution in [2.75, 3.05) is 38.0 Å². The molecule has 1 aromatic heterocycles. The zero-order valence-electron chi connectivity index (χ0n) is 19.2. The minimum absolute atomic E-state index is 0.0536. The molecule has 8 nitrogen and oxygen atoms in total. The summed E-state index contributed by atoms with van der Waals surface area (Å²) >= 11 is 0. The van der Waals surface area contributed by atoms with Crippen LogP contribution >= 0.6 is 0 Å². The highest BCUT2D eigenvalue weighted by Gasteiger charge is 2.47. The summed E-state index contributed by atoms with van der Waals surface area (Å²) in [6.07, 6.45) is 1.16. The van der Waals surface area contributed by atoms with Crippen molar-refractivity contribution in [2.24, 2.45) is 4.99 Å². The Hall–Kier alpha value is -2.55. The third-order valence-corrected chi connectivity index (χ3v) is 6.87. The van der Waals surface area contributed by atoms with E-state index in [2.05, 4.69) is 59.8 Å². The second kappa shape index (κ2) is 7.85. The number of halogens is 1. The maximum absolute atomic E-state index is 14.2. The Kier molecular flexibility index (Phi) is 5.49. The third kappa shape index (κ3) is 3.69. The molecule has 3 aliphatic rings. The first kappa shape index (κ1) is 21.7. The van der Waals surface area contributed by atoms with Gasteiger partial charge in [-0.15, -0.1) is 0 Å². The normalized spacial score (nSPS) is 25.7. The molecule has 0 radical (unpaired) electrons. The number of carbonyl (C=O) groups excluding carboxylic acids is 1. The number of aromatic nitrogens is 2. The van der Waals surface area contributed by atoms with Gasteiger partial charge in [-0.3, -0.25) is 9.89 Å². The number of likely N-dealkylation sites (N-methyl/N-ethyl adjacent to an activating group) is 1. The number of aliphatic imine (C=N–C) groups is 1. The topological polar surface area (TPSA) is 77.0 Å². The van der Waals surface area contributed by atoms with Gasteiger partial charge in [0.2, 0.25) is 0 Å². The quantitative estimate of drug-likeness (QED) is 0.782. The second-order valence-electron chi connectivity index (χ2n) is 9.23. The Labute approximate surface area is 183 Å². The maximum Gasteiger partial charge on any atom is 0.321 e. The van der Waals surface area contributed by atoms with Crippen molar-refractivity contribution in [3.05, 3.63) is 29.0 Å². The Balaban J connectivity index is 1.53. The molecule has 168 valence electrons. The van der Waals surface area contributed by atoms with Gasteiger partial charge in [0.1, 0.15) is 11.7 Å². The molecule has 31 heavy (non-hydrogen) atoms. The molecule has 1 N–H and O–H groups in total. The fourth-order valence-electron chi connectivity index (χ4n) is 4.88. The Morgan fingerprint density at radius 3 is 2.74 bits per heavy atom. The van der Waals surface area contributed by atoms with E-state index in [0.29, 0.717) is 30.8 Å². The molecular weight excluding hydrogens is 397 g/mol. The van der Waals surface area contributed by atoms with Gasteiger partial charge in [0.15, 0.2) is 11.6 Å². The minimum Gasteiger partial charge on any atom is -0.322 e. The van der Waals surface area contributed by atoms with Crippen LogP contribution < -0.4 is 5.32 Å². The molecular formula is C22H32FN7O. The molecule has 3 aliphatic heterocycles. The Morgan fingerprint density at radius 2 is 2.03 bits per heavy atom. The smallest absolute Gasteiger partial charge is 0.321 e. The van der Waals surface area contributed by atoms with E-state index in [9.17, 15) is 9.18 Å². The van der Waals surface area contributed by atoms with Crippen LogP contribution in [0, 0.1) is 12.7 Å². The SMILES string of the molecule is CCN1C[C@H](C)N(C(=O)N2CC3=C(CN=C3Nc3nc(C)ncc3F)C2(C)C)C[C@H]1C. The van der Waals surface area contributed by atoms with Gasteiger partial charge in [-0.05, 0) is 46.7 Å². The zero-order chi connectivity index (χ0) is 22.5. The fourth-order valence-corrected chi connectivity index (χ4v) is 4.88. The Morgan fingerprint density at radius 1 is 1.29 bits per heavy atom. The van der Waals surface area contributed by atoms with Crippen LogP contribution in [0.2, 0.25) is 0 Å². The standard InChI is InChI=1S/C22H32FN7O/c1-7-28-10-14(3)29(11-13(28)2)21(31)30-12-16-17(22(30,5)6)8-25-19(16)27-20-18(23)9-24-15(4)26-20/h9,13-14H,7-8,10-12H2,1-6H3,(H,24,25,26,27)/t13-,14+/m1/s1. The lowest BCUT2D eigenvalue weighted by Crippen LogP contribution is -2.62. The molecule has 4 rings (SSSR count). The number of amidine groups is 1.